The largest absolute Gasteiger partial charge is 0.463 e. The summed E-state index contributed by atoms with van der Waals surface area (Å²) >= 11 is 0. The van der Waals surface area contributed by atoms with Crippen molar-refractivity contribution < 1.29 is 9.53 Å². The van der Waals surface area contributed by atoms with Gasteiger partial charge in [0.1, 0.15) is 0 Å². The number of benzene rings is 1. The number of hydrogen-bond donors (Lipinski definition) is 0. The topological polar surface area (TPSA) is 53.3 Å². The standard InChI is InChI=1S/C15H18N2O2/c1-3-19-15(18)10-7-13-5-8-14(9-6-13)17(2)12-4-11-16/h5-10H,3-4,12H2,1-2H3. The Bertz CT molecular complexity index is 472. The zero-order chi connectivity index (χ0) is 14.1. The zero-order valence-electron chi connectivity index (χ0n) is 11.3. The van der Waals surface area contributed by atoms with E-state index in [0.717, 1.165) is 11.3 Å². The monoisotopic (exact) mass is 258 g/mol. The Hall–Kier alpha value is -2.28. The second kappa shape index (κ2) is 7.93. The van der Waals surface area contributed by atoms with E-state index in [0.29, 0.717) is 19.6 Å². The zero-order valence-corrected chi connectivity index (χ0v) is 11.3. The second-order valence-electron chi connectivity index (χ2n) is 4.01. The molecule has 0 aliphatic rings. The number of nitrogens with zero attached hydrogens (tertiary/aromatic N) is 2. The molecule has 0 spiro atoms. The van der Waals surface area contributed by atoms with Crippen LogP contribution in [-0.4, -0.2) is 26.2 Å². The smallest absolute Gasteiger partial charge is 0.330 e. The molecule has 1 aromatic carbocycles. The molecule has 0 saturated heterocycles. The van der Waals surface area contributed by atoms with E-state index in [1.165, 1.54) is 6.08 Å². The predicted octanol–water partition coefficient (Wildman–Crippen LogP) is 2.61. The molecule has 1 aromatic rings. The van der Waals surface area contributed by atoms with Gasteiger partial charge in [0.05, 0.1) is 19.1 Å². The normalized spacial score (nSPS) is 10.2. The van der Waals surface area contributed by atoms with Gasteiger partial charge in [0.2, 0.25) is 0 Å². The third-order valence-electron chi connectivity index (χ3n) is 2.59. The molecule has 0 saturated carbocycles. The lowest BCUT2D eigenvalue weighted by atomic mass is 10.2. The summed E-state index contributed by atoms with van der Waals surface area (Å²) < 4.78 is 4.81. The lowest BCUT2D eigenvalue weighted by Gasteiger charge is -2.17. The van der Waals surface area contributed by atoms with Crippen LogP contribution in [0.15, 0.2) is 30.3 Å². The summed E-state index contributed by atoms with van der Waals surface area (Å²) in [5.41, 5.74) is 1.98. The van der Waals surface area contributed by atoms with Crippen LogP contribution in [0.25, 0.3) is 6.08 Å². The summed E-state index contributed by atoms with van der Waals surface area (Å²) in [5, 5.41) is 8.54. The molecule has 1 rings (SSSR count). The summed E-state index contributed by atoms with van der Waals surface area (Å²) in [6, 6.07) is 9.89. The van der Waals surface area contributed by atoms with E-state index in [1.54, 1.807) is 13.0 Å². The Morgan fingerprint density at radius 3 is 2.68 bits per heavy atom. The molecule has 0 radical (unpaired) electrons. The van der Waals surface area contributed by atoms with E-state index in [2.05, 4.69) is 6.07 Å². The Labute approximate surface area is 113 Å². The second-order valence-corrected chi connectivity index (χ2v) is 4.01. The molecule has 0 fully saturated rings. The van der Waals surface area contributed by atoms with Crippen molar-refractivity contribution in [1.82, 2.24) is 0 Å². The van der Waals surface area contributed by atoms with E-state index in [1.807, 2.05) is 36.2 Å². The Kier molecular flexibility index (Phi) is 6.17. The molecule has 0 aliphatic heterocycles. The lowest BCUT2D eigenvalue weighted by molar-refractivity contribution is -0.137. The first-order chi connectivity index (χ1) is 9.17. The van der Waals surface area contributed by atoms with Crippen molar-refractivity contribution in [3.63, 3.8) is 0 Å². The van der Waals surface area contributed by atoms with Crippen LogP contribution in [0.3, 0.4) is 0 Å². The third-order valence-corrected chi connectivity index (χ3v) is 2.59. The van der Waals surface area contributed by atoms with Crippen LogP contribution in [0.1, 0.15) is 18.9 Å². The summed E-state index contributed by atoms with van der Waals surface area (Å²) in [4.78, 5) is 13.2. The van der Waals surface area contributed by atoms with Crippen LogP contribution in [0, 0.1) is 11.3 Å². The van der Waals surface area contributed by atoms with Gasteiger partial charge >= 0.3 is 5.97 Å². The van der Waals surface area contributed by atoms with Gasteiger partial charge in [0.15, 0.2) is 0 Å². The summed E-state index contributed by atoms with van der Waals surface area (Å²) in [6.07, 6.45) is 3.63. The van der Waals surface area contributed by atoms with Crippen LogP contribution in [0.2, 0.25) is 0 Å². The van der Waals surface area contributed by atoms with Crippen LogP contribution in [-0.2, 0) is 9.53 Å². The molecule has 0 aromatic heterocycles. The first kappa shape index (κ1) is 14.8. The average Bonchev–Trinajstić information content (AvgIpc) is 2.43. The van der Waals surface area contributed by atoms with E-state index in [-0.39, 0.29) is 5.97 Å². The van der Waals surface area contributed by atoms with Crippen molar-refractivity contribution in [3.8, 4) is 6.07 Å². The number of anilines is 1. The van der Waals surface area contributed by atoms with Crippen molar-refractivity contribution >= 4 is 17.7 Å². The molecular formula is C15H18N2O2. The van der Waals surface area contributed by atoms with E-state index >= 15 is 0 Å². The summed E-state index contributed by atoms with van der Waals surface area (Å²) in [7, 11) is 1.95. The fraction of sp³-hybridized carbons (Fsp3) is 0.333. The highest BCUT2D eigenvalue weighted by molar-refractivity contribution is 5.87. The number of nitriles is 1. The van der Waals surface area contributed by atoms with Gasteiger partial charge in [-0.25, -0.2) is 4.79 Å². The quantitative estimate of drug-likeness (QED) is 0.581. The molecule has 0 aliphatic carbocycles. The molecule has 0 N–H and O–H groups in total. The fourth-order valence-electron chi connectivity index (χ4n) is 1.54. The van der Waals surface area contributed by atoms with E-state index in [4.69, 9.17) is 10.00 Å². The van der Waals surface area contributed by atoms with Crippen LogP contribution < -0.4 is 4.90 Å². The highest BCUT2D eigenvalue weighted by atomic mass is 16.5. The van der Waals surface area contributed by atoms with Gasteiger partial charge in [0.25, 0.3) is 0 Å². The van der Waals surface area contributed by atoms with Crippen molar-refractivity contribution in [3.05, 3.63) is 35.9 Å². The Morgan fingerprint density at radius 2 is 2.11 bits per heavy atom. The maximum Gasteiger partial charge on any atom is 0.330 e. The fourth-order valence-corrected chi connectivity index (χ4v) is 1.54. The van der Waals surface area contributed by atoms with Gasteiger partial charge in [-0.2, -0.15) is 5.26 Å². The molecule has 19 heavy (non-hydrogen) atoms. The minimum Gasteiger partial charge on any atom is -0.463 e. The first-order valence-electron chi connectivity index (χ1n) is 6.20. The number of hydrogen-bond acceptors (Lipinski definition) is 4. The number of esters is 1. The SMILES string of the molecule is CCOC(=O)C=Cc1ccc(N(C)CCC#N)cc1. The molecule has 0 unspecified atom stereocenters. The van der Waals surface area contributed by atoms with Crippen LogP contribution in [0.5, 0.6) is 0 Å². The van der Waals surface area contributed by atoms with Crippen molar-refractivity contribution in [1.29, 1.82) is 5.26 Å². The molecule has 0 atom stereocenters. The van der Waals surface area contributed by atoms with Crippen molar-refractivity contribution in [2.45, 2.75) is 13.3 Å². The third kappa shape index (κ3) is 5.26. The number of rotatable bonds is 6. The Morgan fingerprint density at radius 1 is 1.42 bits per heavy atom. The predicted molar refractivity (Wildman–Crippen MR) is 75.6 cm³/mol. The van der Waals surface area contributed by atoms with E-state index < -0.39 is 0 Å². The molecule has 0 heterocycles. The minimum atomic E-state index is -0.335. The van der Waals surface area contributed by atoms with E-state index in [9.17, 15) is 4.79 Å². The van der Waals surface area contributed by atoms with Gasteiger partial charge in [-0.05, 0) is 30.7 Å². The molecular weight excluding hydrogens is 240 g/mol. The van der Waals surface area contributed by atoms with Crippen molar-refractivity contribution in [2.75, 3.05) is 25.1 Å². The van der Waals surface area contributed by atoms with Gasteiger partial charge in [-0.1, -0.05) is 12.1 Å². The van der Waals surface area contributed by atoms with Crippen LogP contribution >= 0.6 is 0 Å². The lowest BCUT2D eigenvalue weighted by Crippen LogP contribution is -2.17. The van der Waals surface area contributed by atoms with Gasteiger partial charge in [-0.3, -0.25) is 0 Å². The first-order valence-corrected chi connectivity index (χ1v) is 6.20. The molecule has 0 amide bonds. The van der Waals surface area contributed by atoms with Crippen LogP contribution in [0.4, 0.5) is 5.69 Å². The minimum absolute atomic E-state index is 0.335. The number of carbonyl (C=O) groups is 1. The highest BCUT2D eigenvalue weighted by Gasteiger charge is 2.00. The van der Waals surface area contributed by atoms with Gasteiger partial charge < -0.3 is 9.64 Å². The maximum atomic E-state index is 11.2. The molecule has 100 valence electrons. The Balaban J connectivity index is 2.61. The summed E-state index contributed by atoms with van der Waals surface area (Å²) in [6.45, 7) is 2.86. The number of ether oxygens (including phenoxy) is 1. The van der Waals surface area contributed by atoms with Gasteiger partial charge in [-0.15, -0.1) is 0 Å². The highest BCUT2D eigenvalue weighted by Crippen LogP contribution is 2.14. The summed E-state index contributed by atoms with van der Waals surface area (Å²) in [5.74, 6) is -0.335. The van der Waals surface area contributed by atoms with Crippen molar-refractivity contribution in [2.24, 2.45) is 0 Å². The molecule has 0 bridgehead atoms. The maximum absolute atomic E-state index is 11.2. The molecule has 4 heteroatoms. The molecule has 4 nitrogen and oxygen atoms in total. The van der Waals surface area contributed by atoms with Gasteiger partial charge in [0, 0.05) is 25.4 Å². The average molecular weight is 258 g/mol. The number of carbonyl (C=O) groups excluding carboxylic acids is 1.